The highest BCUT2D eigenvalue weighted by atomic mass is 35.5. The lowest BCUT2D eigenvalue weighted by atomic mass is 9.94. The molecule has 4 aromatic rings. The number of pyridine rings is 1. The predicted molar refractivity (Wildman–Crippen MR) is 114 cm³/mol. The number of aliphatic hydroxyl groups is 1. The van der Waals surface area contributed by atoms with Gasteiger partial charge in [-0.25, -0.2) is 4.98 Å². The van der Waals surface area contributed by atoms with Crippen LogP contribution in [0.25, 0.3) is 22.2 Å². The van der Waals surface area contributed by atoms with Gasteiger partial charge in [0.1, 0.15) is 24.2 Å². The van der Waals surface area contributed by atoms with Gasteiger partial charge in [-0.1, -0.05) is 48.0 Å². The van der Waals surface area contributed by atoms with Crippen molar-refractivity contribution in [1.29, 1.82) is 0 Å². The molecular weight excluding hydrogens is 386 g/mol. The fraction of sp³-hybridized carbons (Fsp3) is 0.125. The second-order valence-corrected chi connectivity index (χ2v) is 7.42. The number of rotatable bonds is 2. The molecule has 1 unspecified atom stereocenters. The predicted octanol–water partition coefficient (Wildman–Crippen LogP) is 5.54. The zero-order valence-corrected chi connectivity index (χ0v) is 16.5. The second-order valence-electron chi connectivity index (χ2n) is 6.98. The molecule has 5 rings (SSSR count). The second kappa shape index (κ2) is 7.07. The van der Waals surface area contributed by atoms with Crippen LogP contribution in [0.1, 0.15) is 22.8 Å². The molecular formula is C24H18ClNO3. The van der Waals surface area contributed by atoms with E-state index < -0.39 is 6.10 Å². The van der Waals surface area contributed by atoms with Crippen molar-refractivity contribution in [3.05, 3.63) is 88.4 Å². The Kier molecular flexibility index (Phi) is 4.38. The van der Waals surface area contributed by atoms with E-state index in [9.17, 15) is 5.11 Å². The molecule has 0 saturated carbocycles. The standard InChI is InChI=1S/C24H18ClNO3/c1-28-24-18(19-10-7-14-6-8-16(25)12-20(14)26-19)9-11-21-22(24)23(27)17-5-3-2-4-15(17)13-29-21/h2-12,23,27H,13H2,1H3. The minimum atomic E-state index is -0.853. The van der Waals surface area contributed by atoms with E-state index in [0.29, 0.717) is 28.7 Å². The lowest BCUT2D eigenvalue weighted by molar-refractivity contribution is 0.212. The summed E-state index contributed by atoms with van der Waals surface area (Å²) in [7, 11) is 1.60. The maximum Gasteiger partial charge on any atom is 0.138 e. The van der Waals surface area contributed by atoms with Crippen molar-refractivity contribution in [2.45, 2.75) is 12.7 Å². The highest BCUT2D eigenvalue weighted by Crippen LogP contribution is 2.45. The lowest BCUT2D eigenvalue weighted by Gasteiger charge is -2.19. The Labute approximate surface area is 173 Å². The van der Waals surface area contributed by atoms with Crippen LogP contribution in [0.4, 0.5) is 0 Å². The zero-order chi connectivity index (χ0) is 20.0. The number of halogens is 1. The molecule has 1 aliphatic rings. The smallest absolute Gasteiger partial charge is 0.138 e. The molecule has 0 aliphatic carbocycles. The fourth-order valence-corrected chi connectivity index (χ4v) is 4.04. The van der Waals surface area contributed by atoms with Crippen molar-refractivity contribution >= 4 is 22.5 Å². The molecule has 0 amide bonds. The van der Waals surface area contributed by atoms with E-state index in [1.165, 1.54) is 0 Å². The van der Waals surface area contributed by atoms with E-state index >= 15 is 0 Å². The summed E-state index contributed by atoms with van der Waals surface area (Å²) in [6.07, 6.45) is -0.853. The van der Waals surface area contributed by atoms with Crippen molar-refractivity contribution < 1.29 is 14.6 Å². The van der Waals surface area contributed by atoms with E-state index in [1.807, 2.05) is 66.7 Å². The maximum atomic E-state index is 11.2. The van der Waals surface area contributed by atoms with Gasteiger partial charge in [-0.15, -0.1) is 0 Å². The van der Waals surface area contributed by atoms with Gasteiger partial charge in [-0.05, 0) is 41.5 Å². The topological polar surface area (TPSA) is 51.6 Å². The first-order chi connectivity index (χ1) is 14.2. The summed E-state index contributed by atoms with van der Waals surface area (Å²) in [6.45, 7) is 0.398. The molecule has 1 aliphatic heterocycles. The molecule has 1 atom stereocenters. The first-order valence-electron chi connectivity index (χ1n) is 9.32. The highest BCUT2D eigenvalue weighted by molar-refractivity contribution is 6.31. The molecule has 0 bridgehead atoms. The summed E-state index contributed by atoms with van der Waals surface area (Å²) in [5.41, 5.74) is 4.72. The third-order valence-corrected chi connectivity index (χ3v) is 5.53. The van der Waals surface area contributed by atoms with Crippen LogP contribution in [0.15, 0.2) is 66.7 Å². The van der Waals surface area contributed by atoms with Gasteiger partial charge in [-0.3, -0.25) is 0 Å². The number of aromatic nitrogens is 1. The molecule has 1 N–H and O–H groups in total. The average Bonchev–Trinajstić information content (AvgIpc) is 2.89. The van der Waals surface area contributed by atoms with Gasteiger partial charge in [0.25, 0.3) is 0 Å². The molecule has 0 saturated heterocycles. The van der Waals surface area contributed by atoms with Crippen LogP contribution in [0.3, 0.4) is 0 Å². The quantitative estimate of drug-likeness (QED) is 0.477. The van der Waals surface area contributed by atoms with Crippen LogP contribution in [-0.2, 0) is 6.61 Å². The van der Waals surface area contributed by atoms with E-state index in [1.54, 1.807) is 7.11 Å². The zero-order valence-electron chi connectivity index (χ0n) is 15.7. The van der Waals surface area contributed by atoms with Crippen LogP contribution in [0.5, 0.6) is 11.5 Å². The summed E-state index contributed by atoms with van der Waals surface area (Å²) in [5.74, 6) is 1.17. The van der Waals surface area contributed by atoms with E-state index in [0.717, 1.165) is 33.3 Å². The van der Waals surface area contributed by atoms with Crippen molar-refractivity contribution in [1.82, 2.24) is 4.98 Å². The van der Waals surface area contributed by atoms with Crippen molar-refractivity contribution in [3.8, 4) is 22.8 Å². The van der Waals surface area contributed by atoms with Crippen LogP contribution < -0.4 is 9.47 Å². The summed E-state index contributed by atoms with van der Waals surface area (Å²) in [5, 5.41) is 12.8. The number of ether oxygens (including phenoxy) is 2. The lowest BCUT2D eigenvalue weighted by Crippen LogP contribution is -2.05. The molecule has 3 aromatic carbocycles. The third kappa shape index (κ3) is 3.01. The number of fused-ring (bicyclic) bond motifs is 3. The monoisotopic (exact) mass is 403 g/mol. The molecule has 0 fully saturated rings. The summed E-state index contributed by atoms with van der Waals surface area (Å²) >= 11 is 6.14. The van der Waals surface area contributed by atoms with Crippen LogP contribution >= 0.6 is 11.6 Å². The first kappa shape index (κ1) is 18.0. The van der Waals surface area contributed by atoms with Crippen LogP contribution in [0.2, 0.25) is 5.02 Å². The minimum absolute atomic E-state index is 0.398. The van der Waals surface area contributed by atoms with Gasteiger partial charge in [0.05, 0.1) is 23.9 Å². The number of hydrogen-bond donors (Lipinski definition) is 1. The molecule has 144 valence electrons. The summed E-state index contributed by atoms with van der Waals surface area (Å²) in [6, 6.07) is 21.1. The third-order valence-electron chi connectivity index (χ3n) is 5.30. The van der Waals surface area contributed by atoms with Gasteiger partial charge >= 0.3 is 0 Å². The highest BCUT2D eigenvalue weighted by Gasteiger charge is 2.28. The molecule has 5 heteroatoms. The summed E-state index contributed by atoms with van der Waals surface area (Å²) < 4.78 is 11.8. The van der Waals surface area contributed by atoms with Gasteiger partial charge in [0.15, 0.2) is 0 Å². The van der Waals surface area contributed by atoms with Crippen LogP contribution in [0, 0.1) is 0 Å². The van der Waals surface area contributed by atoms with E-state index in [-0.39, 0.29) is 0 Å². The van der Waals surface area contributed by atoms with Gasteiger partial charge in [0.2, 0.25) is 0 Å². The normalized spacial score (nSPS) is 15.2. The van der Waals surface area contributed by atoms with Crippen LogP contribution in [-0.4, -0.2) is 17.2 Å². The molecule has 29 heavy (non-hydrogen) atoms. The van der Waals surface area contributed by atoms with Gasteiger partial charge in [-0.2, -0.15) is 0 Å². The molecule has 0 spiro atoms. The van der Waals surface area contributed by atoms with Crippen molar-refractivity contribution in [2.75, 3.05) is 7.11 Å². The Bertz CT molecular complexity index is 1240. The Morgan fingerprint density at radius 1 is 1.07 bits per heavy atom. The fourth-order valence-electron chi connectivity index (χ4n) is 3.87. The molecule has 1 aromatic heterocycles. The summed E-state index contributed by atoms with van der Waals surface area (Å²) in [4.78, 5) is 4.77. The molecule has 2 heterocycles. The van der Waals surface area contributed by atoms with E-state index in [2.05, 4.69) is 0 Å². The number of aliphatic hydroxyl groups excluding tert-OH is 1. The number of hydrogen-bond acceptors (Lipinski definition) is 4. The van der Waals surface area contributed by atoms with E-state index in [4.69, 9.17) is 26.1 Å². The Balaban J connectivity index is 1.71. The number of methoxy groups -OCH3 is 1. The average molecular weight is 404 g/mol. The first-order valence-corrected chi connectivity index (χ1v) is 9.70. The minimum Gasteiger partial charge on any atom is -0.495 e. The molecule has 0 radical (unpaired) electrons. The van der Waals surface area contributed by atoms with Gasteiger partial charge in [0, 0.05) is 16.0 Å². The largest absolute Gasteiger partial charge is 0.495 e. The SMILES string of the molecule is COc1c(-c2ccc3ccc(Cl)cc3n2)ccc2c1C(O)c1ccccc1CO2. The Morgan fingerprint density at radius 3 is 2.76 bits per heavy atom. The Morgan fingerprint density at radius 2 is 1.90 bits per heavy atom. The maximum absolute atomic E-state index is 11.2. The van der Waals surface area contributed by atoms with Gasteiger partial charge < -0.3 is 14.6 Å². The molecule has 4 nitrogen and oxygen atoms in total. The van der Waals surface area contributed by atoms with Crippen molar-refractivity contribution in [3.63, 3.8) is 0 Å². The number of nitrogens with zero attached hydrogens (tertiary/aromatic N) is 1. The van der Waals surface area contributed by atoms with Crippen molar-refractivity contribution in [2.24, 2.45) is 0 Å². The number of benzene rings is 3. The Hall–Kier alpha value is -3.08.